The monoisotopic (exact) mass is 497 g/mol. The maximum atomic E-state index is 11.4. The first-order valence-corrected chi connectivity index (χ1v) is 10.6. The summed E-state index contributed by atoms with van der Waals surface area (Å²) in [7, 11) is -3.18. The number of hydrogen-bond acceptors (Lipinski definition) is 4. The number of nitrogens with zero attached hydrogens (tertiary/aromatic N) is 1. The Bertz CT molecular complexity index is 646. The molecular weight excluding hydrogens is 465 g/mol. The molecule has 0 aliphatic heterocycles. The number of hydrogen-bond donors (Lipinski definition) is 2. The largest absolute Gasteiger partial charge is 0.492 e. The molecule has 1 aromatic carbocycles. The van der Waals surface area contributed by atoms with E-state index < -0.39 is 9.84 Å². The molecule has 0 fully saturated rings. The fourth-order valence-corrected chi connectivity index (χ4v) is 2.95. The average molecular weight is 497 g/mol. The molecule has 0 saturated heterocycles. The number of rotatable bonds is 10. The number of guanidine groups is 1. The summed E-state index contributed by atoms with van der Waals surface area (Å²) in [5.41, 5.74) is 5.87. The van der Waals surface area contributed by atoms with Crippen LogP contribution >= 0.6 is 24.0 Å². The first-order chi connectivity index (χ1) is 11.7. The van der Waals surface area contributed by atoms with Gasteiger partial charge in [-0.2, -0.15) is 0 Å². The highest BCUT2D eigenvalue weighted by atomic mass is 127. The Morgan fingerprint density at radius 1 is 1.19 bits per heavy atom. The van der Waals surface area contributed by atoms with E-state index in [9.17, 15) is 8.42 Å². The van der Waals surface area contributed by atoms with Gasteiger partial charge in [0.1, 0.15) is 12.4 Å². The molecular formula is C18H32IN3O3S. The van der Waals surface area contributed by atoms with Crippen LogP contribution in [0.5, 0.6) is 5.75 Å². The number of halogens is 1. The minimum Gasteiger partial charge on any atom is -0.492 e. The Labute approximate surface area is 174 Å². The number of benzene rings is 1. The zero-order valence-corrected chi connectivity index (χ0v) is 19.2. The number of ether oxygens (including phenoxy) is 1. The van der Waals surface area contributed by atoms with Gasteiger partial charge in [-0.1, -0.05) is 26.7 Å². The van der Waals surface area contributed by atoms with Gasteiger partial charge in [0, 0.05) is 12.3 Å². The van der Waals surface area contributed by atoms with E-state index in [2.05, 4.69) is 31.1 Å². The molecule has 8 heteroatoms. The summed E-state index contributed by atoms with van der Waals surface area (Å²) in [6.07, 6.45) is 4.63. The molecule has 0 saturated carbocycles. The summed E-state index contributed by atoms with van der Waals surface area (Å²) in [4.78, 5) is 4.52. The van der Waals surface area contributed by atoms with Gasteiger partial charge in [-0.05, 0) is 43.5 Å². The maximum Gasteiger partial charge on any atom is 0.188 e. The Morgan fingerprint density at radius 2 is 1.81 bits per heavy atom. The third-order valence-electron chi connectivity index (χ3n) is 3.71. The van der Waals surface area contributed by atoms with Crippen LogP contribution in [0, 0.1) is 5.92 Å². The highest BCUT2D eigenvalue weighted by molar-refractivity contribution is 14.0. The first-order valence-electron chi connectivity index (χ1n) is 8.68. The summed E-state index contributed by atoms with van der Waals surface area (Å²) < 4.78 is 28.3. The van der Waals surface area contributed by atoms with Crippen LogP contribution in [-0.4, -0.2) is 39.8 Å². The van der Waals surface area contributed by atoms with Crippen molar-refractivity contribution in [2.75, 3.05) is 19.4 Å². The molecule has 1 rings (SSSR count). The van der Waals surface area contributed by atoms with Crippen molar-refractivity contribution >= 4 is 39.8 Å². The molecule has 0 aliphatic carbocycles. The fourth-order valence-electron chi connectivity index (χ4n) is 2.32. The smallest absolute Gasteiger partial charge is 0.188 e. The van der Waals surface area contributed by atoms with Crippen LogP contribution in [0.1, 0.15) is 40.0 Å². The molecule has 0 heterocycles. The lowest BCUT2D eigenvalue weighted by Gasteiger charge is -2.15. The fraction of sp³-hybridized carbons (Fsp3) is 0.611. The highest BCUT2D eigenvalue weighted by Crippen LogP contribution is 2.15. The lowest BCUT2D eigenvalue weighted by Crippen LogP contribution is -2.38. The minimum atomic E-state index is -3.18. The summed E-state index contributed by atoms with van der Waals surface area (Å²) in [6.45, 7) is 7.36. The van der Waals surface area contributed by atoms with Gasteiger partial charge in [0.2, 0.25) is 0 Å². The number of nitrogens with one attached hydrogen (secondary N) is 1. The average Bonchev–Trinajstić information content (AvgIpc) is 2.50. The molecule has 1 unspecified atom stereocenters. The van der Waals surface area contributed by atoms with Crippen molar-refractivity contribution in [1.29, 1.82) is 0 Å². The van der Waals surface area contributed by atoms with Crippen molar-refractivity contribution < 1.29 is 13.2 Å². The van der Waals surface area contributed by atoms with Crippen LogP contribution < -0.4 is 15.8 Å². The topological polar surface area (TPSA) is 93.8 Å². The van der Waals surface area contributed by atoms with Crippen LogP contribution in [-0.2, 0) is 9.84 Å². The summed E-state index contributed by atoms with van der Waals surface area (Å²) in [5.74, 6) is 1.76. The van der Waals surface area contributed by atoms with Gasteiger partial charge < -0.3 is 15.8 Å². The Kier molecular flexibility index (Phi) is 11.9. The Hall–Kier alpha value is -1.03. The Morgan fingerprint density at radius 3 is 2.35 bits per heavy atom. The van der Waals surface area contributed by atoms with Crippen LogP contribution in [0.4, 0.5) is 0 Å². The highest BCUT2D eigenvalue weighted by Gasteiger charge is 2.06. The van der Waals surface area contributed by atoms with E-state index >= 15 is 0 Å². The van der Waals surface area contributed by atoms with Gasteiger partial charge in [-0.3, -0.25) is 0 Å². The van der Waals surface area contributed by atoms with Gasteiger partial charge >= 0.3 is 0 Å². The second-order valence-electron chi connectivity index (χ2n) is 6.73. The number of nitrogens with two attached hydrogens (primary N) is 1. The van der Waals surface area contributed by atoms with Crippen LogP contribution in [0.2, 0.25) is 0 Å². The first kappa shape index (κ1) is 25.0. The molecule has 0 bridgehead atoms. The summed E-state index contributed by atoms with van der Waals surface area (Å²) in [6, 6.07) is 6.63. The zero-order chi connectivity index (χ0) is 18.9. The molecule has 1 atom stereocenters. The maximum absolute atomic E-state index is 11.4. The molecule has 0 aliphatic rings. The normalized spacial score (nSPS) is 13.2. The van der Waals surface area contributed by atoms with Gasteiger partial charge in [0.15, 0.2) is 15.8 Å². The van der Waals surface area contributed by atoms with Crippen LogP contribution in [0.25, 0.3) is 0 Å². The van der Waals surface area contributed by atoms with Gasteiger partial charge in [-0.15, -0.1) is 24.0 Å². The minimum absolute atomic E-state index is 0. The molecule has 0 radical (unpaired) electrons. The summed E-state index contributed by atoms with van der Waals surface area (Å²) >= 11 is 0. The van der Waals surface area contributed by atoms with Crippen molar-refractivity contribution in [2.45, 2.75) is 51.0 Å². The van der Waals surface area contributed by atoms with Crippen molar-refractivity contribution in [3.63, 3.8) is 0 Å². The van der Waals surface area contributed by atoms with Gasteiger partial charge in [-0.25, -0.2) is 13.4 Å². The molecule has 26 heavy (non-hydrogen) atoms. The second kappa shape index (κ2) is 12.4. The van der Waals surface area contributed by atoms with Gasteiger partial charge in [0.05, 0.1) is 11.4 Å². The molecule has 0 spiro atoms. The third-order valence-corrected chi connectivity index (χ3v) is 4.84. The predicted octanol–water partition coefficient (Wildman–Crippen LogP) is 3.21. The van der Waals surface area contributed by atoms with Crippen molar-refractivity contribution in [2.24, 2.45) is 16.6 Å². The lowest BCUT2D eigenvalue weighted by atomic mass is 10.0. The molecule has 0 aromatic heterocycles. The lowest BCUT2D eigenvalue weighted by molar-refractivity contribution is 0.328. The predicted molar refractivity (Wildman–Crippen MR) is 118 cm³/mol. The van der Waals surface area contributed by atoms with Crippen LogP contribution in [0.15, 0.2) is 34.2 Å². The van der Waals surface area contributed by atoms with Crippen molar-refractivity contribution in [3.05, 3.63) is 24.3 Å². The second-order valence-corrected chi connectivity index (χ2v) is 8.74. The number of sulfone groups is 1. The van der Waals surface area contributed by atoms with E-state index in [0.29, 0.717) is 30.9 Å². The van der Waals surface area contributed by atoms with E-state index in [-0.39, 0.29) is 28.9 Å². The van der Waals surface area contributed by atoms with E-state index in [1.807, 2.05) is 0 Å². The SMILES string of the molecule is CC(C)CCCC(C)NC(N)=NCCOc1ccc(S(C)(=O)=O)cc1.I. The number of aliphatic imine (C=N–C) groups is 1. The molecule has 3 N–H and O–H groups in total. The quantitative estimate of drug-likeness (QED) is 0.224. The van der Waals surface area contributed by atoms with E-state index in [0.717, 1.165) is 12.3 Å². The van der Waals surface area contributed by atoms with E-state index in [1.165, 1.54) is 31.2 Å². The molecule has 150 valence electrons. The molecule has 6 nitrogen and oxygen atoms in total. The standard InChI is InChI=1S/C18H31N3O3S.HI/c1-14(2)6-5-7-15(3)21-18(19)20-12-13-24-16-8-10-17(11-9-16)25(4,22)23;/h8-11,14-15H,5-7,12-13H2,1-4H3,(H3,19,20,21);1H. The summed E-state index contributed by atoms with van der Waals surface area (Å²) in [5, 5.41) is 3.18. The van der Waals surface area contributed by atoms with E-state index in [4.69, 9.17) is 10.5 Å². The van der Waals surface area contributed by atoms with Crippen LogP contribution in [0.3, 0.4) is 0 Å². The molecule has 0 amide bonds. The van der Waals surface area contributed by atoms with Gasteiger partial charge in [0.25, 0.3) is 0 Å². The van der Waals surface area contributed by atoms with E-state index in [1.54, 1.807) is 12.1 Å². The molecule has 1 aromatic rings. The third kappa shape index (κ3) is 10.8. The van der Waals surface area contributed by atoms with Crippen molar-refractivity contribution in [1.82, 2.24) is 5.32 Å². The zero-order valence-electron chi connectivity index (χ0n) is 16.1. The Balaban J connectivity index is 0.00000625. The van der Waals surface area contributed by atoms with Crippen molar-refractivity contribution in [3.8, 4) is 5.75 Å².